The summed E-state index contributed by atoms with van der Waals surface area (Å²) in [7, 11) is 0. The minimum atomic E-state index is -0.612. The van der Waals surface area contributed by atoms with Crippen molar-refractivity contribution in [1.29, 1.82) is 5.26 Å². The van der Waals surface area contributed by atoms with Crippen LogP contribution in [0.4, 0.5) is 11.5 Å². The van der Waals surface area contributed by atoms with Gasteiger partial charge in [-0.15, -0.1) is 0 Å². The zero-order valence-corrected chi connectivity index (χ0v) is 10.00. The number of hydrogen-bond acceptors (Lipinski definition) is 7. The van der Waals surface area contributed by atoms with Crippen molar-refractivity contribution in [2.24, 2.45) is 0 Å². The molecule has 8 heteroatoms. The Balaban J connectivity index is 2.09. The molecule has 98 valence electrons. The Hall–Kier alpha value is -2.40. The second kappa shape index (κ2) is 4.37. The monoisotopic (exact) mass is 261 g/mol. The fraction of sp³-hybridized carbons (Fsp3) is 0.455. The first-order chi connectivity index (χ1) is 9.20. The van der Waals surface area contributed by atoms with Gasteiger partial charge in [0.1, 0.15) is 12.7 Å². The topological polar surface area (TPSA) is 104 Å². The lowest BCUT2D eigenvalue weighted by molar-refractivity contribution is -0.385. The molecule has 3 heterocycles. The van der Waals surface area contributed by atoms with Crippen LogP contribution >= 0.6 is 0 Å². The van der Waals surface area contributed by atoms with Gasteiger partial charge in [0, 0.05) is 19.6 Å². The fourth-order valence-electron chi connectivity index (χ4n) is 2.38. The number of rotatable bonds is 1. The maximum Gasteiger partial charge on any atom is 0.309 e. The largest absolute Gasteiger partial charge is 0.487 e. The Kier molecular flexibility index (Phi) is 2.68. The van der Waals surface area contributed by atoms with Crippen LogP contribution in [0.5, 0.6) is 5.75 Å². The summed E-state index contributed by atoms with van der Waals surface area (Å²) in [6.07, 6.45) is 0. The molecular formula is C11H11N5O3. The number of nitro groups is 1. The van der Waals surface area contributed by atoms with E-state index in [1.165, 1.54) is 6.07 Å². The average molecular weight is 261 g/mol. The molecule has 8 nitrogen and oxygen atoms in total. The number of pyridine rings is 1. The predicted molar refractivity (Wildman–Crippen MR) is 65.1 cm³/mol. The molecule has 1 aromatic heterocycles. The van der Waals surface area contributed by atoms with Crippen molar-refractivity contribution < 1.29 is 9.66 Å². The van der Waals surface area contributed by atoms with E-state index in [2.05, 4.69) is 10.3 Å². The van der Waals surface area contributed by atoms with Gasteiger partial charge in [0.2, 0.25) is 5.69 Å². The second-order valence-electron chi connectivity index (χ2n) is 4.41. The molecule has 0 spiro atoms. The molecule has 1 N–H and O–H groups in total. The maximum absolute atomic E-state index is 10.9. The zero-order chi connectivity index (χ0) is 13.4. The molecule has 1 fully saturated rings. The summed E-state index contributed by atoms with van der Waals surface area (Å²) >= 11 is 0. The summed E-state index contributed by atoms with van der Waals surface area (Å²) in [6, 6.07) is 3.22. The van der Waals surface area contributed by atoms with Crippen LogP contribution in [-0.4, -0.2) is 42.2 Å². The summed E-state index contributed by atoms with van der Waals surface area (Å²) in [5.41, 5.74) is -0.485. The van der Waals surface area contributed by atoms with Crippen molar-refractivity contribution in [2.45, 2.75) is 6.04 Å². The molecule has 0 saturated carbocycles. The minimum absolute atomic E-state index is 0.154. The zero-order valence-electron chi connectivity index (χ0n) is 10.00. The van der Waals surface area contributed by atoms with E-state index >= 15 is 0 Å². The summed E-state index contributed by atoms with van der Waals surface area (Å²) in [5.74, 6) is 0.906. The smallest absolute Gasteiger partial charge is 0.309 e. The van der Waals surface area contributed by atoms with Crippen molar-refractivity contribution in [2.75, 3.05) is 31.1 Å². The number of anilines is 1. The lowest BCUT2D eigenvalue weighted by Gasteiger charge is -2.40. The van der Waals surface area contributed by atoms with Gasteiger partial charge >= 0.3 is 5.69 Å². The van der Waals surface area contributed by atoms with Gasteiger partial charge in [-0.05, 0) is 0 Å². The van der Waals surface area contributed by atoms with E-state index in [0.29, 0.717) is 18.2 Å². The highest BCUT2D eigenvalue weighted by molar-refractivity contribution is 5.63. The number of hydrogen-bond donors (Lipinski definition) is 1. The third-order valence-corrected chi connectivity index (χ3v) is 3.30. The van der Waals surface area contributed by atoms with Crippen LogP contribution in [0.15, 0.2) is 6.07 Å². The summed E-state index contributed by atoms with van der Waals surface area (Å²) in [6.45, 7) is 2.80. The number of aromatic nitrogens is 1. The fourth-order valence-corrected chi connectivity index (χ4v) is 2.38. The first-order valence-electron chi connectivity index (χ1n) is 5.90. The highest BCUT2D eigenvalue weighted by atomic mass is 16.6. The molecule has 0 amide bonds. The lowest BCUT2D eigenvalue weighted by Crippen LogP contribution is -2.56. The van der Waals surface area contributed by atoms with E-state index < -0.39 is 4.92 Å². The highest BCUT2D eigenvalue weighted by Gasteiger charge is 2.33. The van der Waals surface area contributed by atoms with E-state index in [9.17, 15) is 10.1 Å². The summed E-state index contributed by atoms with van der Waals surface area (Å²) < 4.78 is 5.53. The van der Waals surface area contributed by atoms with Crippen LogP contribution < -0.4 is 15.0 Å². The molecule has 2 aliphatic rings. The molecule has 0 aromatic carbocycles. The first-order valence-corrected chi connectivity index (χ1v) is 5.90. The molecule has 3 rings (SSSR count). The van der Waals surface area contributed by atoms with Gasteiger partial charge < -0.3 is 15.0 Å². The normalized spacial score (nSPS) is 20.8. The van der Waals surface area contributed by atoms with Gasteiger partial charge in [-0.1, -0.05) is 0 Å². The lowest BCUT2D eigenvalue weighted by atomic mass is 10.1. The molecule has 1 saturated heterocycles. The van der Waals surface area contributed by atoms with E-state index in [0.717, 1.165) is 19.6 Å². The van der Waals surface area contributed by atoms with E-state index in [4.69, 9.17) is 10.00 Å². The molecule has 0 unspecified atom stereocenters. The van der Waals surface area contributed by atoms with Crippen LogP contribution in [-0.2, 0) is 0 Å². The number of nitrogens with one attached hydrogen (secondary N) is 1. The standard InChI is InChI=1S/C11H11N5O3/c12-4-8-9(16(17)18)3-10-11(14-8)15-2-1-13-5-7(15)6-19-10/h3,7,13H,1-2,5-6H2/t7-/m0/s1. The van der Waals surface area contributed by atoms with Crippen molar-refractivity contribution in [1.82, 2.24) is 10.3 Å². The number of piperazine rings is 1. The molecule has 2 aliphatic heterocycles. The van der Waals surface area contributed by atoms with Gasteiger partial charge in [-0.25, -0.2) is 4.98 Å². The second-order valence-corrected chi connectivity index (χ2v) is 4.41. The molecule has 19 heavy (non-hydrogen) atoms. The van der Waals surface area contributed by atoms with Crippen molar-refractivity contribution >= 4 is 11.5 Å². The third-order valence-electron chi connectivity index (χ3n) is 3.30. The van der Waals surface area contributed by atoms with Crippen LogP contribution in [0.3, 0.4) is 0 Å². The molecule has 0 bridgehead atoms. The van der Waals surface area contributed by atoms with E-state index in [1.54, 1.807) is 6.07 Å². The van der Waals surface area contributed by atoms with Gasteiger partial charge in [0.25, 0.3) is 0 Å². The van der Waals surface area contributed by atoms with E-state index in [1.807, 2.05) is 4.90 Å². The summed E-state index contributed by atoms with van der Waals surface area (Å²) in [4.78, 5) is 16.4. The van der Waals surface area contributed by atoms with Crippen LogP contribution in [0, 0.1) is 21.4 Å². The molecule has 1 atom stereocenters. The number of nitriles is 1. The third kappa shape index (κ3) is 1.84. The highest BCUT2D eigenvalue weighted by Crippen LogP contribution is 2.36. The van der Waals surface area contributed by atoms with Gasteiger partial charge in [0.15, 0.2) is 11.6 Å². The average Bonchev–Trinajstić information content (AvgIpc) is 2.45. The summed E-state index contributed by atoms with van der Waals surface area (Å²) in [5, 5.41) is 23.1. The van der Waals surface area contributed by atoms with Gasteiger partial charge in [-0.3, -0.25) is 10.1 Å². The molecular weight excluding hydrogens is 250 g/mol. The Labute approximate surface area is 108 Å². The van der Waals surface area contributed by atoms with Crippen molar-refractivity contribution in [3.05, 3.63) is 21.9 Å². The number of fused-ring (bicyclic) bond motifs is 3. The number of ether oxygens (including phenoxy) is 1. The van der Waals surface area contributed by atoms with E-state index in [-0.39, 0.29) is 17.4 Å². The van der Waals surface area contributed by atoms with Gasteiger partial charge in [0.05, 0.1) is 17.0 Å². The van der Waals surface area contributed by atoms with Crippen molar-refractivity contribution in [3.8, 4) is 11.8 Å². The molecule has 0 aliphatic carbocycles. The Bertz CT molecular complexity index is 582. The van der Waals surface area contributed by atoms with Crippen LogP contribution in [0.1, 0.15) is 5.69 Å². The molecule has 1 aromatic rings. The first kappa shape index (κ1) is 11.7. The Morgan fingerprint density at radius 1 is 1.68 bits per heavy atom. The quantitative estimate of drug-likeness (QED) is 0.561. The van der Waals surface area contributed by atoms with Gasteiger partial charge in [-0.2, -0.15) is 5.26 Å². The maximum atomic E-state index is 10.9. The van der Waals surface area contributed by atoms with Crippen LogP contribution in [0.25, 0.3) is 0 Å². The SMILES string of the molecule is N#Cc1nc2c(cc1[N+](=O)[O-])OC[C@@H]1CNCCN21. The number of nitrogens with zero attached hydrogens (tertiary/aromatic N) is 4. The molecule has 0 radical (unpaired) electrons. The minimum Gasteiger partial charge on any atom is -0.487 e. The Morgan fingerprint density at radius 2 is 2.53 bits per heavy atom. The van der Waals surface area contributed by atoms with Crippen LogP contribution in [0.2, 0.25) is 0 Å². The Morgan fingerprint density at radius 3 is 3.26 bits per heavy atom. The van der Waals surface area contributed by atoms with Crippen molar-refractivity contribution in [3.63, 3.8) is 0 Å². The predicted octanol–water partition coefficient (Wildman–Crippen LogP) is 0.0321.